The second kappa shape index (κ2) is 4.99. The number of hydrogen-bond donors (Lipinski definition) is 3. The molecular formula is C8H6BrF2N3O2. The van der Waals surface area contributed by atoms with Crippen molar-refractivity contribution in [1.82, 2.24) is 5.43 Å². The number of hydrazine groups is 1. The number of carbonyl (C=O) groups excluding carboxylic acids is 2. The summed E-state index contributed by atoms with van der Waals surface area (Å²) in [4.78, 5) is 21.8. The van der Waals surface area contributed by atoms with Crippen molar-refractivity contribution in [2.75, 3.05) is 5.32 Å². The number of carbonyl (C=O) groups is 2. The van der Waals surface area contributed by atoms with Gasteiger partial charge in [-0.15, -0.1) is 0 Å². The lowest BCUT2D eigenvalue weighted by Gasteiger charge is -2.07. The van der Waals surface area contributed by atoms with E-state index >= 15 is 0 Å². The van der Waals surface area contributed by atoms with Gasteiger partial charge in [-0.3, -0.25) is 15.0 Å². The Balaban J connectivity index is 2.98. The average Bonchev–Trinajstić information content (AvgIpc) is 2.21. The zero-order chi connectivity index (χ0) is 12.3. The largest absolute Gasteiger partial charge is 0.323 e. The van der Waals surface area contributed by atoms with Crippen molar-refractivity contribution >= 4 is 33.4 Å². The molecule has 8 heteroatoms. The maximum absolute atomic E-state index is 13.2. The number of benzene rings is 1. The van der Waals surface area contributed by atoms with Gasteiger partial charge < -0.3 is 5.32 Å². The van der Waals surface area contributed by atoms with E-state index in [4.69, 9.17) is 5.84 Å². The van der Waals surface area contributed by atoms with Gasteiger partial charge in [-0.05, 0) is 22.0 Å². The number of hydrogen-bond acceptors (Lipinski definition) is 3. The van der Waals surface area contributed by atoms with Gasteiger partial charge in [0.05, 0.1) is 5.69 Å². The number of anilines is 1. The van der Waals surface area contributed by atoms with Crippen LogP contribution < -0.4 is 16.6 Å². The molecule has 0 saturated carbocycles. The van der Waals surface area contributed by atoms with E-state index in [2.05, 4.69) is 15.9 Å². The molecule has 2 amide bonds. The molecule has 0 heterocycles. The molecule has 0 saturated heterocycles. The molecule has 0 unspecified atom stereocenters. The predicted octanol–water partition coefficient (Wildman–Crippen LogP) is 0.656. The van der Waals surface area contributed by atoms with Gasteiger partial charge in [0.25, 0.3) is 0 Å². The van der Waals surface area contributed by atoms with Crippen LogP contribution in [0.15, 0.2) is 16.6 Å². The highest BCUT2D eigenvalue weighted by Crippen LogP contribution is 2.26. The first kappa shape index (κ1) is 12.5. The van der Waals surface area contributed by atoms with Crippen molar-refractivity contribution < 1.29 is 18.4 Å². The normalized spacial score (nSPS) is 9.75. The van der Waals surface area contributed by atoms with Crippen LogP contribution in [0, 0.1) is 11.6 Å². The summed E-state index contributed by atoms with van der Waals surface area (Å²) >= 11 is 2.84. The Kier molecular flexibility index (Phi) is 3.91. The van der Waals surface area contributed by atoms with Crippen LogP contribution in [0.25, 0.3) is 0 Å². The summed E-state index contributed by atoms with van der Waals surface area (Å²) < 4.78 is 25.9. The number of rotatable bonds is 1. The van der Waals surface area contributed by atoms with E-state index in [9.17, 15) is 18.4 Å². The lowest BCUT2D eigenvalue weighted by atomic mass is 10.3. The van der Waals surface area contributed by atoms with Crippen LogP contribution in [0.5, 0.6) is 0 Å². The van der Waals surface area contributed by atoms with E-state index in [-0.39, 0.29) is 10.2 Å². The van der Waals surface area contributed by atoms with Crippen molar-refractivity contribution in [3.05, 3.63) is 28.2 Å². The molecular weight excluding hydrogens is 288 g/mol. The molecule has 0 spiro atoms. The third-order valence-electron chi connectivity index (χ3n) is 1.58. The van der Waals surface area contributed by atoms with Crippen molar-refractivity contribution in [2.24, 2.45) is 5.84 Å². The average molecular weight is 294 g/mol. The maximum atomic E-state index is 13.2. The van der Waals surface area contributed by atoms with Crippen molar-refractivity contribution in [3.8, 4) is 0 Å². The van der Waals surface area contributed by atoms with Crippen LogP contribution in [-0.2, 0) is 9.59 Å². The number of nitrogens with one attached hydrogen (secondary N) is 2. The second-order valence-electron chi connectivity index (χ2n) is 2.67. The molecule has 0 aliphatic carbocycles. The summed E-state index contributed by atoms with van der Waals surface area (Å²) in [7, 11) is 0. The molecule has 0 radical (unpaired) electrons. The molecule has 0 atom stereocenters. The smallest absolute Gasteiger partial charge is 0.314 e. The molecule has 1 rings (SSSR count). The van der Waals surface area contributed by atoms with E-state index in [0.29, 0.717) is 6.07 Å². The molecule has 0 bridgehead atoms. The van der Waals surface area contributed by atoms with Gasteiger partial charge in [0.2, 0.25) is 0 Å². The van der Waals surface area contributed by atoms with Gasteiger partial charge in [-0.25, -0.2) is 14.6 Å². The van der Waals surface area contributed by atoms with E-state index in [1.54, 1.807) is 5.43 Å². The summed E-state index contributed by atoms with van der Waals surface area (Å²) in [6, 6.07) is 1.51. The Labute approximate surface area is 97.1 Å². The SMILES string of the molecule is NNC(=O)C(=O)Nc1c(F)cc(F)cc1Br. The van der Waals surface area contributed by atoms with Crippen LogP contribution in [-0.4, -0.2) is 11.8 Å². The van der Waals surface area contributed by atoms with Gasteiger partial charge in [-0.2, -0.15) is 0 Å². The van der Waals surface area contributed by atoms with Gasteiger partial charge in [0.15, 0.2) is 5.82 Å². The molecule has 4 N–H and O–H groups in total. The summed E-state index contributed by atoms with van der Waals surface area (Å²) in [5.41, 5.74) is 1.23. The monoisotopic (exact) mass is 293 g/mol. The van der Waals surface area contributed by atoms with Crippen molar-refractivity contribution in [2.45, 2.75) is 0 Å². The standard InChI is InChI=1S/C8H6BrF2N3O2/c9-4-1-3(10)2-5(11)6(4)13-7(15)8(16)14-12/h1-2H,12H2,(H,13,15)(H,14,16). The summed E-state index contributed by atoms with van der Waals surface area (Å²) in [5.74, 6) is 0.576. The van der Waals surface area contributed by atoms with Crippen LogP contribution >= 0.6 is 15.9 Å². The van der Waals surface area contributed by atoms with E-state index in [1.165, 1.54) is 0 Å². The fourth-order valence-electron chi connectivity index (χ4n) is 0.897. The summed E-state index contributed by atoms with van der Waals surface area (Å²) in [6.45, 7) is 0. The molecule has 16 heavy (non-hydrogen) atoms. The predicted molar refractivity (Wildman–Crippen MR) is 55.0 cm³/mol. The zero-order valence-corrected chi connectivity index (χ0v) is 9.27. The third kappa shape index (κ3) is 2.74. The molecule has 1 aromatic rings. The van der Waals surface area contributed by atoms with Gasteiger partial charge in [-0.1, -0.05) is 0 Å². The third-order valence-corrected chi connectivity index (χ3v) is 2.21. The van der Waals surface area contributed by atoms with E-state index in [0.717, 1.165) is 6.07 Å². The van der Waals surface area contributed by atoms with Crippen LogP contribution in [0.4, 0.5) is 14.5 Å². The highest BCUT2D eigenvalue weighted by molar-refractivity contribution is 9.10. The quantitative estimate of drug-likeness (QED) is 0.308. The number of halogens is 3. The minimum atomic E-state index is -1.16. The molecule has 0 aliphatic rings. The Morgan fingerprint density at radius 3 is 2.38 bits per heavy atom. The van der Waals surface area contributed by atoms with E-state index < -0.39 is 23.4 Å². The zero-order valence-electron chi connectivity index (χ0n) is 7.68. The molecule has 0 aromatic heterocycles. The first-order chi connectivity index (χ1) is 7.45. The molecule has 0 fully saturated rings. The fraction of sp³-hybridized carbons (Fsp3) is 0. The van der Waals surface area contributed by atoms with Crippen LogP contribution in [0.3, 0.4) is 0 Å². The lowest BCUT2D eigenvalue weighted by molar-refractivity contribution is -0.136. The van der Waals surface area contributed by atoms with Crippen molar-refractivity contribution in [1.29, 1.82) is 0 Å². The summed E-state index contributed by atoms with van der Waals surface area (Å²) in [6.07, 6.45) is 0. The fourth-order valence-corrected chi connectivity index (χ4v) is 1.40. The van der Waals surface area contributed by atoms with Gasteiger partial charge in [0.1, 0.15) is 5.82 Å². The Morgan fingerprint density at radius 1 is 1.25 bits per heavy atom. The topological polar surface area (TPSA) is 84.2 Å². The van der Waals surface area contributed by atoms with Crippen molar-refractivity contribution in [3.63, 3.8) is 0 Å². The first-order valence-electron chi connectivity index (χ1n) is 3.92. The highest BCUT2D eigenvalue weighted by atomic mass is 79.9. The van der Waals surface area contributed by atoms with Crippen LogP contribution in [0.2, 0.25) is 0 Å². The first-order valence-corrected chi connectivity index (χ1v) is 4.71. The Morgan fingerprint density at radius 2 is 1.88 bits per heavy atom. The van der Waals surface area contributed by atoms with Gasteiger partial charge >= 0.3 is 11.8 Å². The lowest BCUT2D eigenvalue weighted by Crippen LogP contribution is -2.39. The second-order valence-corrected chi connectivity index (χ2v) is 3.53. The molecule has 0 aliphatic heterocycles. The number of amides is 2. The highest BCUT2D eigenvalue weighted by Gasteiger charge is 2.17. The summed E-state index contributed by atoms with van der Waals surface area (Å²) in [5, 5.41) is 1.94. The van der Waals surface area contributed by atoms with Crippen LogP contribution in [0.1, 0.15) is 0 Å². The van der Waals surface area contributed by atoms with Gasteiger partial charge in [0, 0.05) is 10.5 Å². The molecule has 86 valence electrons. The molecule has 1 aromatic carbocycles. The Bertz CT molecular complexity index is 430. The Hall–Kier alpha value is -1.54. The van der Waals surface area contributed by atoms with E-state index in [1.807, 2.05) is 5.32 Å². The minimum absolute atomic E-state index is 0.0248. The minimum Gasteiger partial charge on any atom is -0.314 e. The molecule has 5 nitrogen and oxygen atoms in total. The number of nitrogens with two attached hydrogens (primary N) is 1. The maximum Gasteiger partial charge on any atom is 0.323 e.